The number of hydrogen-bond acceptors (Lipinski definition) is 4. The van der Waals surface area contributed by atoms with Crippen LogP contribution in [0.2, 0.25) is 0 Å². The largest absolute Gasteiger partial charge is 0.342 e. The number of benzene rings is 1. The van der Waals surface area contributed by atoms with E-state index in [9.17, 15) is 13.6 Å². The first-order valence-corrected chi connectivity index (χ1v) is 11.8. The molecule has 180 valence electrons. The molecule has 1 aromatic carbocycles. The maximum atomic E-state index is 13.6. The number of alkyl halides is 2. The summed E-state index contributed by atoms with van der Waals surface area (Å²) < 4.78 is 26.1. The van der Waals surface area contributed by atoms with Crippen molar-refractivity contribution in [1.29, 1.82) is 0 Å². The van der Waals surface area contributed by atoms with Crippen LogP contribution in [0.25, 0.3) is 10.9 Å². The number of pyridine rings is 1. The first-order chi connectivity index (χ1) is 16.0. The van der Waals surface area contributed by atoms with Crippen molar-refractivity contribution in [2.45, 2.75) is 32.1 Å². The molecule has 5 nitrogen and oxygen atoms in total. The number of aromatic nitrogens is 1. The minimum atomic E-state index is -0.529. The smallest absolute Gasteiger partial charge is 0.222 e. The Morgan fingerprint density at radius 3 is 2.85 bits per heavy atom. The fourth-order valence-corrected chi connectivity index (χ4v) is 4.87. The number of piperidine rings is 1. The zero-order valence-corrected chi connectivity index (χ0v) is 20.0. The molecule has 33 heavy (non-hydrogen) atoms. The van der Waals surface area contributed by atoms with Gasteiger partial charge in [-0.3, -0.25) is 19.2 Å². The van der Waals surface area contributed by atoms with E-state index in [1.54, 1.807) is 13.2 Å². The molecule has 3 atom stereocenters. The van der Waals surface area contributed by atoms with Gasteiger partial charge >= 0.3 is 0 Å². The summed E-state index contributed by atoms with van der Waals surface area (Å²) >= 11 is 0. The quantitative estimate of drug-likeness (QED) is 0.493. The van der Waals surface area contributed by atoms with Crippen molar-refractivity contribution in [3.8, 4) is 0 Å². The molecular weight excluding hydrogens is 422 g/mol. The van der Waals surface area contributed by atoms with Gasteiger partial charge in [-0.25, -0.2) is 4.39 Å². The predicted molar refractivity (Wildman–Crippen MR) is 131 cm³/mol. The second-order valence-corrected chi connectivity index (χ2v) is 9.37. The Kier molecular flexibility index (Phi) is 9.30. The van der Waals surface area contributed by atoms with Crippen LogP contribution in [0.3, 0.4) is 0 Å². The molecular formula is C26H36F2N4O. The van der Waals surface area contributed by atoms with E-state index >= 15 is 0 Å². The summed E-state index contributed by atoms with van der Waals surface area (Å²) in [5, 5.41) is 1.10. The fourth-order valence-electron chi connectivity index (χ4n) is 4.87. The third-order valence-electron chi connectivity index (χ3n) is 6.62. The summed E-state index contributed by atoms with van der Waals surface area (Å²) in [5.41, 5.74) is 3.11. The third kappa shape index (κ3) is 6.56. The topological polar surface area (TPSA) is 48.8 Å². The van der Waals surface area contributed by atoms with E-state index in [1.165, 1.54) is 5.56 Å². The number of hydrogen-bond donors (Lipinski definition) is 0. The summed E-state index contributed by atoms with van der Waals surface area (Å²) in [6.45, 7) is 3.49. The van der Waals surface area contributed by atoms with Crippen molar-refractivity contribution in [1.82, 2.24) is 14.8 Å². The normalized spacial score (nSPS) is 20.1. The summed E-state index contributed by atoms with van der Waals surface area (Å²) in [5.74, 6) is 0.250. The Hall–Kier alpha value is -2.41. The monoisotopic (exact) mass is 458 g/mol. The maximum absolute atomic E-state index is 13.6. The van der Waals surface area contributed by atoms with Gasteiger partial charge in [-0.1, -0.05) is 25.1 Å². The molecule has 7 heteroatoms. The SMILES string of the molecule is C/N=C/c1ccc([C@H]2C[C@@H](C)CN(C(=O)C[C@H](CF)CCN(C)CCF)C2)c2cccnc12. The number of halogens is 2. The Balaban J connectivity index is 1.73. The molecule has 0 N–H and O–H groups in total. The molecule has 2 heterocycles. The lowest BCUT2D eigenvalue weighted by atomic mass is 9.83. The Morgan fingerprint density at radius 1 is 1.30 bits per heavy atom. The lowest BCUT2D eigenvalue weighted by molar-refractivity contribution is -0.134. The van der Waals surface area contributed by atoms with Crippen molar-refractivity contribution in [3.63, 3.8) is 0 Å². The van der Waals surface area contributed by atoms with Crippen LogP contribution in [0.15, 0.2) is 35.5 Å². The summed E-state index contributed by atoms with van der Waals surface area (Å²) in [4.78, 5) is 25.6. The van der Waals surface area contributed by atoms with E-state index in [0.29, 0.717) is 38.5 Å². The highest BCUT2D eigenvalue weighted by atomic mass is 19.1. The van der Waals surface area contributed by atoms with Crippen LogP contribution in [0.5, 0.6) is 0 Å². The van der Waals surface area contributed by atoms with Gasteiger partial charge in [0.25, 0.3) is 0 Å². The van der Waals surface area contributed by atoms with Crippen molar-refractivity contribution >= 4 is 23.0 Å². The number of fused-ring (bicyclic) bond motifs is 1. The molecule has 0 saturated carbocycles. The van der Waals surface area contributed by atoms with Crippen LogP contribution in [0.4, 0.5) is 8.78 Å². The van der Waals surface area contributed by atoms with Crippen LogP contribution in [0.1, 0.15) is 43.2 Å². The number of carbonyl (C=O) groups is 1. The molecule has 1 fully saturated rings. The summed E-state index contributed by atoms with van der Waals surface area (Å²) in [6.07, 6.45) is 5.37. The molecule has 1 aliphatic heterocycles. The molecule has 3 rings (SSSR count). The van der Waals surface area contributed by atoms with E-state index in [-0.39, 0.29) is 24.2 Å². The second kappa shape index (κ2) is 12.2. The minimum Gasteiger partial charge on any atom is -0.342 e. The molecule has 1 amide bonds. The van der Waals surface area contributed by atoms with Gasteiger partial charge in [-0.05, 0) is 49.9 Å². The van der Waals surface area contributed by atoms with E-state index in [4.69, 9.17) is 0 Å². The average molecular weight is 459 g/mol. The number of aliphatic imine (C=N–C) groups is 1. The predicted octanol–water partition coefficient (Wildman–Crippen LogP) is 4.50. The van der Waals surface area contributed by atoms with Gasteiger partial charge in [0, 0.05) is 62.4 Å². The second-order valence-electron chi connectivity index (χ2n) is 9.37. The molecule has 1 saturated heterocycles. The van der Waals surface area contributed by atoms with Crippen LogP contribution < -0.4 is 0 Å². The maximum Gasteiger partial charge on any atom is 0.222 e. The first kappa shape index (κ1) is 25.2. The molecule has 2 aromatic rings. The molecule has 0 bridgehead atoms. The van der Waals surface area contributed by atoms with Gasteiger partial charge in [0.1, 0.15) is 6.67 Å². The summed E-state index contributed by atoms with van der Waals surface area (Å²) in [6, 6.07) is 8.22. The highest BCUT2D eigenvalue weighted by Gasteiger charge is 2.31. The van der Waals surface area contributed by atoms with E-state index in [0.717, 1.165) is 22.9 Å². The Bertz CT molecular complexity index is 951. The standard InChI is InChI=1S/C26H36F2N4O/c1-19-13-22(23-7-6-21(16-29-2)26-24(23)5-4-10-30-26)18-32(17-19)25(33)14-20(15-28)8-11-31(3)12-9-27/h4-7,10,16,19-20,22H,8-9,11-15,17-18H2,1-3H3/b29-16+/t19-,20-,22+/m1/s1. The zero-order valence-electron chi connectivity index (χ0n) is 20.0. The number of likely N-dealkylation sites (tertiary alicyclic amines) is 1. The lowest BCUT2D eigenvalue weighted by Gasteiger charge is -2.38. The average Bonchev–Trinajstić information content (AvgIpc) is 2.81. The number of nitrogens with zero attached hydrogens (tertiary/aromatic N) is 4. The van der Waals surface area contributed by atoms with Crippen molar-refractivity contribution in [2.24, 2.45) is 16.8 Å². The third-order valence-corrected chi connectivity index (χ3v) is 6.62. The van der Waals surface area contributed by atoms with E-state index in [2.05, 4.69) is 35.1 Å². The molecule has 0 unspecified atom stereocenters. The van der Waals surface area contributed by atoms with Gasteiger partial charge in [-0.2, -0.15) is 0 Å². The highest BCUT2D eigenvalue weighted by Crippen LogP contribution is 2.35. The van der Waals surface area contributed by atoms with Crippen LogP contribution >= 0.6 is 0 Å². The van der Waals surface area contributed by atoms with Gasteiger partial charge in [0.2, 0.25) is 5.91 Å². The molecule has 0 spiro atoms. The fraction of sp³-hybridized carbons (Fsp3) is 0.577. The summed E-state index contributed by atoms with van der Waals surface area (Å²) in [7, 11) is 3.57. The first-order valence-electron chi connectivity index (χ1n) is 11.8. The van der Waals surface area contributed by atoms with Crippen molar-refractivity contribution in [3.05, 3.63) is 41.6 Å². The molecule has 1 aliphatic rings. The van der Waals surface area contributed by atoms with Gasteiger partial charge in [0.05, 0.1) is 12.2 Å². The Morgan fingerprint density at radius 2 is 2.12 bits per heavy atom. The van der Waals surface area contributed by atoms with E-state index < -0.39 is 13.3 Å². The number of carbonyl (C=O) groups excluding carboxylic acids is 1. The van der Waals surface area contributed by atoms with E-state index in [1.807, 2.05) is 29.1 Å². The Labute approximate surface area is 195 Å². The van der Waals surface area contributed by atoms with Gasteiger partial charge < -0.3 is 9.80 Å². The highest BCUT2D eigenvalue weighted by molar-refractivity contribution is 5.99. The zero-order chi connectivity index (χ0) is 23.8. The van der Waals surface area contributed by atoms with Crippen molar-refractivity contribution < 1.29 is 13.6 Å². The van der Waals surface area contributed by atoms with Gasteiger partial charge in [-0.15, -0.1) is 0 Å². The number of amides is 1. The lowest BCUT2D eigenvalue weighted by Crippen LogP contribution is -2.43. The van der Waals surface area contributed by atoms with Crippen molar-refractivity contribution in [2.75, 3.05) is 53.6 Å². The minimum absolute atomic E-state index is 0.0134. The van der Waals surface area contributed by atoms with Crippen LogP contribution in [0, 0.1) is 11.8 Å². The molecule has 1 aromatic heterocycles. The molecule has 0 radical (unpaired) electrons. The number of rotatable bonds is 10. The van der Waals surface area contributed by atoms with Crippen LogP contribution in [-0.4, -0.2) is 80.5 Å². The van der Waals surface area contributed by atoms with Gasteiger partial charge in [0.15, 0.2) is 0 Å². The molecule has 0 aliphatic carbocycles. The van der Waals surface area contributed by atoms with Crippen LogP contribution in [-0.2, 0) is 4.79 Å².